The Balaban J connectivity index is 1.97. The number of rotatable bonds is 6. The summed E-state index contributed by atoms with van der Waals surface area (Å²) in [4.78, 5) is 10.6. The van der Waals surface area contributed by atoms with Crippen molar-refractivity contribution in [1.29, 1.82) is 0 Å². The minimum atomic E-state index is -1.13. The lowest BCUT2D eigenvalue weighted by molar-refractivity contribution is -0.108. The number of ether oxygens (including phenoxy) is 1. The van der Waals surface area contributed by atoms with Gasteiger partial charge in [0.2, 0.25) is 6.41 Å². The van der Waals surface area contributed by atoms with E-state index in [4.69, 9.17) is 4.74 Å². The predicted molar refractivity (Wildman–Crippen MR) is 104 cm³/mol. The molecule has 144 valence electrons. The number of benzene rings is 1. The molecule has 2 heterocycles. The maximum Gasteiger partial charge on any atom is 0.211 e. The third kappa shape index (κ3) is 4.19. The highest BCUT2D eigenvalue weighted by atomic mass is 19.1. The Hall–Kier alpha value is -2.67. The molecule has 2 aromatic rings. The summed E-state index contributed by atoms with van der Waals surface area (Å²) >= 11 is 0. The van der Waals surface area contributed by atoms with E-state index in [0.717, 1.165) is 16.9 Å². The van der Waals surface area contributed by atoms with Gasteiger partial charge in [0.05, 0.1) is 18.3 Å². The maximum absolute atomic E-state index is 14.5. The summed E-state index contributed by atoms with van der Waals surface area (Å²) < 4.78 is 21.4. The van der Waals surface area contributed by atoms with E-state index in [-0.39, 0.29) is 6.61 Å². The van der Waals surface area contributed by atoms with Gasteiger partial charge in [0.25, 0.3) is 0 Å². The Morgan fingerprint density at radius 3 is 2.81 bits per heavy atom. The van der Waals surface area contributed by atoms with Crippen molar-refractivity contribution in [3.8, 4) is 0 Å². The number of hydrogen-bond acceptors (Lipinski definition) is 4. The molecule has 0 spiro atoms. The molecule has 2 N–H and O–H groups in total. The average molecular weight is 372 g/mol. The summed E-state index contributed by atoms with van der Waals surface area (Å²) in [7, 11) is 0. The first-order valence-electron chi connectivity index (χ1n) is 9.02. The van der Waals surface area contributed by atoms with Gasteiger partial charge in [0.15, 0.2) is 5.82 Å². The largest absolute Gasteiger partial charge is 0.378 e. The highest BCUT2D eigenvalue weighted by Crippen LogP contribution is 2.31. The van der Waals surface area contributed by atoms with Crippen LogP contribution in [0.2, 0.25) is 0 Å². The standard InChI is InChI=1S/C20H25FN4O2/c1-13-4-5-16(10-14(13)2)23-20-15(3)18(6-8-22-12-26)25(24-20)19-7-9-27-11-17(19)21/h4-6,8,10,12,17,19H,7,9,11H2,1-3H3,(H,22,26)(H,23,24)/b8-6-. The molecular weight excluding hydrogens is 347 g/mol. The lowest BCUT2D eigenvalue weighted by atomic mass is 10.1. The molecule has 27 heavy (non-hydrogen) atoms. The van der Waals surface area contributed by atoms with Gasteiger partial charge in [-0.3, -0.25) is 9.48 Å². The Morgan fingerprint density at radius 2 is 2.11 bits per heavy atom. The second-order valence-corrected chi connectivity index (χ2v) is 6.79. The number of nitrogens with one attached hydrogen (secondary N) is 2. The number of nitrogens with zero attached hydrogens (tertiary/aromatic N) is 2. The van der Waals surface area contributed by atoms with Crippen LogP contribution in [0.1, 0.15) is 34.8 Å². The molecule has 7 heteroatoms. The van der Waals surface area contributed by atoms with Crippen molar-refractivity contribution in [2.45, 2.75) is 39.4 Å². The molecule has 1 aliphatic rings. The number of carbonyl (C=O) groups excluding carboxylic acids is 1. The molecule has 0 bridgehead atoms. The second kappa shape index (κ2) is 8.35. The van der Waals surface area contributed by atoms with E-state index in [2.05, 4.69) is 41.7 Å². The first kappa shape index (κ1) is 19.1. The fourth-order valence-electron chi connectivity index (χ4n) is 3.19. The number of aryl methyl sites for hydroxylation is 2. The van der Waals surface area contributed by atoms with Crippen LogP contribution >= 0.6 is 0 Å². The number of aromatic nitrogens is 2. The van der Waals surface area contributed by atoms with Crippen LogP contribution in [-0.2, 0) is 9.53 Å². The predicted octanol–water partition coefficient (Wildman–Crippen LogP) is 3.57. The highest BCUT2D eigenvalue weighted by Gasteiger charge is 2.30. The Kier molecular flexibility index (Phi) is 5.91. The van der Waals surface area contributed by atoms with Gasteiger partial charge in [-0.05, 0) is 56.5 Å². The molecule has 1 aromatic heterocycles. The van der Waals surface area contributed by atoms with Gasteiger partial charge >= 0.3 is 0 Å². The molecule has 0 radical (unpaired) electrons. The summed E-state index contributed by atoms with van der Waals surface area (Å²) in [5.74, 6) is 0.669. The van der Waals surface area contributed by atoms with E-state index in [9.17, 15) is 9.18 Å². The van der Waals surface area contributed by atoms with Gasteiger partial charge in [-0.15, -0.1) is 0 Å². The van der Waals surface area contributed by atoms with Gasteiger partial charge in [-0.25, -0.2) is 4.39 Å². The lowest BCUT2D eigenvalue weighted by Crippen LogP contribution is -2.32. The van der Waals surface area contributed by atoms with Crippen LogP contribution in [0.15, 0.2) is 24.4 Å². The fraction of sp³-hybridized carbons (Fsp3) is 0.400. The number of anilines is 2. The van der Waals surface area contributed by atoms with E-state index in [1.807, 2.05) is 13.0 Å². The zero-order valence-corrected chi connectivity index (χ0v) is 15.8. The van der Waals surface area contributed by atoms with Crippen LogP contribution in [0.5, 0.6) is 0 Å². The summed E-state index contributed by atoms with van der Waals surface area (Å²) in [6, 6.07) is 5.71. The monoisotopic (exact) mass is 372 g/mol. The SMILES string of the molecule is Cc1ccc(Nc2nn(C3CCOCC3F)c(/C=C\NC=O)c2C)cc1C. The molecule has 0 aliphatic carbocycles. The number of alkyl halides is 1. The zero-order valence-electron chi connectivity index (χ0n) is 15.8. The van der Waals surface area contributed by atoms with E-state index in [1.54, 1.807) is 10.8 Å². The number of halogens is 1. The zero-order chi connectivity index (χ0) is 19.4. The molecule has 1 aromatic carbocycles. The summed E-state index contributed by atoms with van der Waals surface area (Å²) in [5, 5.41) is 10.5. The molecular formula is C20H25FN4O2. The quantitative estimate of drug-likeness (QED) is 0.761. The maximum atomic E-state index is 14.5. The minimum Gasteiger partial charge on any atom is -0.378 e. The van der Waals surface area contributed by atoms with Crippen molar-refractivity contribution >= 4 is 24.0 Å². The van der Waals surface area contributed by atoms with Crippen molar-refractivity contribution in [2.75, 3.05) is 18.5 Å². The van der Waals surface area contributed by atoms with Crippen LogP contribution in [0.3, 0.4) is 0 Å². The molecule has 6 nitrogen and oxygen atoms in total. The van der Waals surface area contributed by atoms with E-state index in [1.165, 1.54) is 17.3 Å². The highest BCUT2D eigenvalue weighted by molar-refractivity contribution is 5.66. The molecule has 1 saturated heterocycles. The Labute approximate surface area is 158 Å². The molecule has 3 rings (SSSR count). The van der Waals surface area contributed by atoms with Crippen LogP contribution in [0.4, 0.5) is 15.9 Å². The lowest BCUT2D eigenvalue weighted by Gasteiger charge is -2.27. The van der Waals surface area contributed by atoms with Crippen molar-refractivity contribution in [2.24, 2.45) is 0 Å². The summed E-state index contributed by atoms with van der Waals surface area (Å²) in [6.45, 7) is 6.62. The first-order valence-corrected chi connectivity index (χ1v) is 9.02. The van der Waals surface area contributed by atoms with Crippen molar-refractivity contribution in [1.82, 2.24) is 15.1 Å². The number of carbonyl (C=O) groups is 1. The topological polar surface area (TPSA) is 68.2 Å². The summed E-state index contributed by atoms with van der Waals surface area (Å²) in [6.07, 6.45) is 3.28. The van der Waals surface area contributed by atoms with Gasteiger partial charge in [0, 0.05) is 24.1 Å². The molecule has 0 saturated carbocycles. The molecule has 1 fully saturated rings. The molecule has 1 aliphatic heterocycles. The van der Waals surface area contributed by atoms with Gasteiger partial charge in [0.1, 0.15) is 6.17 Å². The minimum absolute atomic E-state index is 0.0687. The summed E-state index contributed by atoms with van der Waals surface area (Å²) in [5.41, 5.74) is 4.96. The van der Waals surface area contributed by atoms with Crippen LogP contribution in [0.25, 0.3) is 6.08 Å². The number of hydrogen-bond donors (Lipinski definition) is 2. The Bertz CT molecular complexity index is 847. The van der Waals surface area contributed by atoms with Gasteiger partial charge in [-0.1, -0.05) is 6.07 Å². The van der Waals surface area contributed by atoms with Crippen molar-refractivity contribution in [3.05, 3.63) is 46.8 Å². The van der Waals surface area contributed by atoms with Crippen molar-refractivity contribution in [3.63, 3.8) is 0 Å². The Morgan fingerprint density at radius 1 is 1.30 bits per heavy atom. The molecule has 1 amide bonds. The number of amides is 1. The van der Waals surface area contributed by atoms with Crippen molar-refractivity contribution < 1.29 is 13.9 Å². The fourth-order valence-corrected chi connectivity index (χ4v) is 3.19. The molecule has 2 unspecified atom stereocenters. The molecule has 2 atom stereocenters. The van der Waals surface area contributed by atoms with Crippen LogP contribution in [-0.4, -0.2) is 35.6 Å². The third-order valence-electron chi connectivity index (χ3n) is 4.94. The first-order chi connectivity index (χ1) is 13.0. The van der Waals surface area contributed by atoms with E-state index in [0.29, 0.717) is 25.3 Å². The van der Waals surface area contributed by atoms with Gasteiger partial charge in [-0.2, -0.15) is 5.10 Å². The normalized spacial score (nSPS) is 20.0. The second-order valence-electron chi connectivity index (χ2n) is 6.79. The third-order valence-corrected chi connectivity index (χ3v) is 4.94. The van der Waals surface area contributed by atoms with Crippen LogP contribution < -0.4 is 10.6 Å². The smallest absolute Gasteiger partial charge is 0.211 e. The average Bonchev–Trinajstić information content (AvgIpc) is 2.95. The van der Waals surface area contributed by atoms with Gasteiger partial charge < -0.3 is 15.4 Å². The van der Waals surface area contributed by atoms with E-state index < -0.39 is 12.2 Å². The van der Waals surface area contributed by atoms with E-state index >= 15 is 0 Å². The van der Waals surface area contributed by atoms with Crippen LogP contribution in [0, 0.1) is 20.8 Å².